The SMILES string of the molecule is C/C=C/C(=O)Nc1cccc(N2c3nc(Nc4cn(C)nc4Cl)ncc3CN(c3ccccc3)C2O)c1. The van der Waals surface area contributed by atoms with Gasteiger partial charge in [-0.15, -0.1) is 0 Å². The smallest absolute Gasteiger partial charge is 0.248 e. The van der Waals surface area contributed by atoms with E-state index in [0.29, 0.717) is 40.5 Å². The molecular weight excluding hydrogens is 492 g/mol. The molecule has 0 spiro atoms. The highest BCUT2D eigenvalue weighted by Gasteiger charge is 2.34. The summed E-state index contributed by atoms with van der Waals surface area (Å²) in [6.45, 7) is 2.17. The minimum absolute atomic E-state index is 0.243. The third-order valence-corrected chi connectivity index (χ3v) is 6.03. The van der Waals surface area contributed by atoms with Gasteiger partial charge in [0.15, 0.2) is 5.15 Å². The number of para-hydroxylation sites is 1. The fourth-order valence-corrected chi connectivity index (χ4v) is 4.34. The first-order valence-electron chi connectivity index (χ1n) is 11.6. The zero-order chi connectivity index (χ0) is 25.9. The first kappa shape index (κ1) is 24.3. The highest BCUT2D eigenvalue weighted by molar-refractivity contribution is 6.32. The van der Waals surface area contributed by atoms with E-state index in [1.54, 1.807) is 54.2 Å². The standard InChI is InChI=1S/C26H25ClN8O2/c1-3-8-22(36)29-18-9-7-12-20(13-18)35-24-17(15-34(26(35)37)19-10-5-4-6-11-19)14-28-25(31-24)30-21-16-33(2)32-23(21)27/h3-14,16,26,37H,15H2,1-2H3,(H,29,36)(H,28,30,31)/b8-3+. The van der Waals surface area contributed by atoms with Crippen molar-refractivity contribution in [2.24, 2.45) is 7.05 Å². The molecule has 2 aromatic carbocycles. The van der Waals surface area contributed by atoms with E-state index in [9.17, 15) is 9.90 Å². The predicted octanol–water partition coefficient (Wildman–Crippen LogP) is 4.56. The number of benzene rings is 2. The fourth-order valence-electron chi connectivity index (χ4n) is 4.13. The number of nitrogens with zero attached hydrogens (tertiary/aromatic N) is 6. The number of amides is 1. The Morgan fingerprint density at radius 2 is 1.95 bits per heavy atom. The molecule has 3 N–H and O–H groups in total. The van der Waals surface area contributed by atoms with E-state index >= 15 is 0 Å². The molecule has 0 saturated carbocycles. The molecule has 1 aliphatic rings. The van der Waals surface area contributed by atoms with Crippen LogP contribution < -0.4 is 20.4 Å². The molecule has 0 aliphatic carbocycles. The van der Waals surface area contributed by atoms with Crippen LogP contribution in [-0.2, 0) is 18.4 Å². The molecule has 0 saturated heterocycles. The van der Waals surface area contributed by atoms with Gasteiger partial charge in [-0.3, -0.25) is 14.4 Å². The van der Waals surface area contributed by atoms with Crippen molar-refractivity contribution in [2.45, 2.75) is 19.8 Å². The van der Waals surface area contributed by atoms with Gasteiger partial charge in [-0.1, -0.05) is 41.9 Å². The Morgan fingerprint density at radius 1 is 1.16 bits per heavy atom. The lowest BCUT2D eigenvalue weighted by atomic mass is 10.1. The number of aryl methyl sites for hydroxylation is 1. The van der Waals surface area contributed by atoms with Gasteiger partial charge in [0.05, 0.1) is 12.2 Å². The summed E-state index contributed by atoms with van der Waals surface area (Å²) in [6, 6.07) is 16.9. The van der Waals surface area contributed by atoms with Crippen LogP contribution in [0.5, 0.6) is 0 Å². The minimum Gasteiger partial charge on any atom is -0.356 e. The van der Waals surface area contributed by atoms with Gasteiger partial charge in [0.1, 0.15) is 5.82 Å². The van der Waals surface area contributed by atoms with Crippen LogP contribution in [0.1, 0.15) is 12.5 Å². The van der Waals surface area contributed by atoms with Gasteiger partial charge in [0, 0.05) is 42.1 Å². The van der Waals surface area contributed by atoms with E-state index in [2.05, 4.69) is 20.7 Å². The number of rotatable bonds is 6. The molecule has 3 heterocycles. The molecular formula is C26H25ClN8O2. The molecule has 1 aliphatic heterocycles. The summed E-state index contributed by atoms with van der Waals surface area (Å²) in [5.41, 5.74) is 3.43. The number of carbonyl (C=O) groups excluding carboxylic acids is 1. The molecule has 0 bridgehead atoms. The summed E-state index contributed by atoms with van der Waals surface area (Å²) in [5.74, 6) is 0.581. The van der Waals surface area contributed by atoms with E-state index in [1.807, 2.05) is 47.4 Å². The average Bonchev–Trinajstić information content (AvgIpc) is 3.20. The third kappa shape index (κ3) is 5.11. The maximum Gasteiger partial charge on any atom is 0.248 e. The fraction of sp³-hybridized carbons (Fsp3) is 0.154. The Balaban J connectivity index is 1.57. The summed E-state index contributed by atoms with van der Waals surface area (Å²) in [4.78, 5) is 24.9. The molecule has 188 valence electrons. The molecule has 10 nitrogen and oxygen atoms in total. The van der Waals surface area contributed by atoms with Crippen molar-refractivity contribution in [3.8, 4) is 0 Å². The van der Waals surface area contributed by atoms with Crippen molar-refractivity contribution in [3.05, 3.63) is 89.9 Å². The minimum atomic E-state index is -1.08. The second-order valence-electron chi connectivity index (χ2n) is 8.39. The van der Waals surface area contributed by atoms with E-state index in [4.69, 9.17) is 16.6 Å². The predicted molar refractivity (Wildman–Crippen MR) is 144 cm³/mol. The number of hydrogen-bond donors (Lipinski definition) is 3. The van der Waals surface area contributed by atoms with Gasteiger partial charge in [0.25, 0.3) is 0 Å². The summed E-state index contributed by atoms with van der Waals surface area (Å²) in [7, 11) is 1.77. The number of aliphatic hydroxyl groups excluding tert-OH is 1. The molecule has 0 radical (unpaired) electrons. The zero-order valence-corrected chi connectivity index (χ0v) is 21.0. The van der Waals surface area contributed by atoms with E-state index in [0.717, 1.165) is 11.3 Å². The van der Waals surface area contributed by atoms with Crippen LogP contribution in [0.4, 0.5) is 34.5 Å². The van der Waals surface area contributed by atoms with Crippen LogP contribution in [0, 0.1) is 0 Å². The lowest BCUT2D eigenvalue weighted by Crippen LogP contribution is -2.50. The summed E-state index contributed by atoms with van der Waals surface area (Å²) in [6.07, 6.45) is 5.49. The van der Waals surface area contributed by atoms with Gasteiger partial charge in [-0.2, -0.15) is 10.1 Å². The van der Waals surface area contributed by atoms with Gasteiger partial charge in [-0.25, -0.2) is 4.98 Å². The zero-order valence-electron chi connectivity index (χ0n) is 20.2. The largest absolute Gasteiger partial charge is 0.356 e. The van der Waals surface area contributed by atoms with Crippen LogP contribution in [0.3, 0.4) is 0 Å². The van der Waals surface area contributed by atoms with E-state index in [-0.39, 0.29) is 5.91 Å². The molecule has 1 unspecified atom stereocenters. The maximum absolute atomic E-state index is 12.1. The Hall–Kier alpha value is -4.41. The maximum atomic E-state index is 12.1. The molecule has 1 atom stereocenters. The second-order valence-corrected chi connectivity index (χ2v) is 8.75. The molecule has 11 heteroatoms. The molecule has 0 fully saturated rings. The molecule has 37 heavy (non-hydrogen) atoms. The summed E-state index contributed by atoms with van der Waals surface area (Å²) >= 11 is 6.21. The number of aliphatic hydroxyl groups is 1. The molecule has 1 amide bonds. The van der Waals surface area contributed by atoms with Crippen LogP contribution in [0.15, 0.2) is 79.1 Å². The van der Waals surface area contributed by atoms with Gasteiger partial charge >= 0.3 is 0 Å². The number of halogens is 1. The van der Waals surface area contributed by atoms with Crippen LogP contribution in [0.25, 0.3) is 0 Å². The number of allylic oxidation sites excluding steroid dienone is 1. The number of fused-ring (bicyclic) bond motifs is 1. The van der Waals surface area contributed by atoms with Crippen molar-refractivity contribution in [1.82, 2.24) is 19.7 Å². The first-order chi connectivity index (χ1) is 17.9. The van der Waals surface area contributed by atoms with Gasteiger partial charge < -0.3 is 20.6 Å². The summed E-state index contributed by atoms with van der Waals surface area (Å²) in [5, 5.41) is 22.0. The molecule has 4 aromatic rings. The number of nitrogens with one attached hydrogen (secondary N) is 2. The second kappa shape index (κ2) is 10.3. The molecule has 2 aromatic heterocycles. The number of anilines is 6. The van der Waals surface area contributed by atoms with Gasteiger partial charge in [-0.05, 0) is 43.3 Å². The topological polar surface area (TPSA) is 111 Å². The van der Waals surface area contributed by atoms with E-state index in [1.165, 1.54) is 6.08 Å². The Bertz CT molecular complexity index is 1460. The first-order valence-corrected chi connectivity index (χ1v) is 12.0. The Morgan fingerprint density at radius 3 is 2.68 bits per heavy atom. The lowest BCUT2D eigenvalue weighted by molar-refractivity contribution is -0.111. The third-order valence-electron chi connectivity index (χ3n) is 5.75. The van der Waals surface area contributed by atoms with Gasteiger partial charge in [0.2, 0.25) is 18.2 Å². The average molecular weight is 517 g/mol. The number of hydrogen-bond acceptors (Lipinski definition) is 8. The van der Waals surface area contributed by atoms with Crippen molar-refractivity contribution in [2.75, 3.05) is 20.4 Å². The molecule has 5 rings (SSSR count). The van der Waals surface area contributed by atoms with Crippen molar-refractivity contribution in [3.63, 3.8) is 0 Å². The highest BCUT2D eigenvalue weighted by atomic mass is 35.5. The monoisotopic (exact) mass is 516 g/mol. The number of aromatic nitrogens is 4. The summed E-state index contributed by atoms with van der Waals surface area (Å²) < 4.78 is 1.59. The van der Waals surface area contributed by atoms with Crippen LogP contribution in [0.2, 0.25) is 5.15 Å². The number of carbonyl (C=O) groups is 1. The van der Waals surface area contributed by atoms with Crippen molar-refractivity contribution < 1.29 is 9.90 Å². The van der Waals surface area contributed by atoms with E-state index < -0.39 is 6.35 Å². The lowest BCUT2D eigenvalue weighted by Gasteiger charge is -2.43. The quantitative estimate of drug-likeness (QED) is 0.320. The van der Waals surface area contributed by atoms with Crippen molar-refractivity contribution in [1.29, 1.82) is 0 Å². The normalized spacial score (nSPS) is 15.1. The Kier molecular flexibility index (Phi) is 6.76. The van der Waals surface area contributed by atoms with Crippen LogP contribution in [-0.4, -0.2) is 37.1 Å². The van der Waals surface area contributed by atoms with Crippen LogP contribution >= 0.6 is 11.6 Å². The highest BCUT2D eigenvalue weighted by Crippen LogP contribution is 2.38. The Labute approximate surface area is 218 Å². The van der Waals surface area contributed by atoms with Crippen molar-refractivity contribution >= 4 is 52.0 Å².